The summed E-state index contributed by atoms with van der Waals surface area (Å²) in [6, 6.07) is 0. The molecular weight excluding hydrogens is 1170 g/mol. The Morgan fingerprint density at radius 2 is 0.610 bits per heavy atom. The Kier molecular flexibility index (Phi) is 95.4. The zero-order valence-electron chi connectivity index (χ0n) is 39.4. The largest absolute Gasteiger partial charge is 0.120 e. The maximum absolute atomic E-state index is 8.25. The molecule has 1 rings (SSSR count). The number of carbonyl (C=O) groups excluding carboxylic acids is 2. The maximum atomic E-state index is 8.25. The molecule has 19 heteroatoms. The minimum absolute atomic E-state index is 0. The molecule has 0 aromatic heterocycles. The molecule has 13 nitrogen and oxygen atoms in total. The molecule has 0 aromatic rings. The fourth-order valence-corrected chi connectivity index (χ4v) is 16.6. The van der Waals surface area contributed by atoms with Gasteiger partial charge in [-0.3, -0.25) is 0 Å². The van der Waals surface area contributed by atoms with Gasteiger partial charge in [-0.15, -0.1) is 41.5 Å². The van der Waals surface area contributed by atoms with E-state index in [-0.39, 0.29) is 73.8 Å². The first kappa shape index (κ1) is 83.2. The van der Waals surface area contributed by atoms with Crippen molar-refractivity contribution in [2.24, 2.45) is 0 Å². The van der Waals surface area contributed by atoms with E-state index in [4.69, 9.17) is 54.8 Å². The normalized spacial score (nSPS) is 11.0. The topological polar surface area (TPSA) is 232 Å². The third-order valence-electron chi connectivity index (χ3n) is 8.32. The third-order valence-corrected chi connectivity index (χ3v) is 21.9. The molecular formula is C40H84N4O9P4W2-2. The molecule has 0 atom stereocenters. The van der Waals surface area contributed by atoms with E-state index in [0.717, 1.165) is 58.5 Å². The van der Waals surface area contributed by atoms with Gasteiger partial charge in [-0.05, 0) is 109 Å². The second kappa shape index (κ2) is 67.7. The van der Waals surface area contributed by atoms with E-state index in [1.807, 2.05) is 0 Å². The summed E-state index contributed by atoms with van der Waals surface area (Å²) in [5, 5.41) is 23.9. The molecule has 2 N–H and O–H groups in total. The van der Waals surface area contributed by atoms with Gasteiger partial charge < -0.3 is 35.2 Å². The summed E-state index contributed by atoms with van der Waals surface area (Å²) in [7, 11) is 0.829. The molecule has 1 fully saturated rings. The van der Waals surface area contributed by atoms with Crippen LogP contribution >= 0.6 is 31.7 Å². The number of ether oxygens (including phenoxy) is 1. The molecule has 0 spiro atoms. The number of nitrogens with one attached hydrogen (secondary N) is 2. The van der Waals surface area contributed by atoms with Gasteiger partial charge in [0.2, 0.25) is 0 Å². The molecule has 0 unspecified atom stereocenters. The van der Waals surface area contributed by atoms with Crippen molar-refractivity contribution < 1.29 is 76.0 Å². The van der Waals surface area contributed by atoms with Crippen LogP contribution in [0.15, 0.2) is 0 Å². The second-order valence-corrected chi connectivity index (χ2v) is 28.9. The first-order chi connectivity index (χ1) is 26.9. The molecule has 0 aliphatic carbocycles. The van der Waals surface area contributed by atoms with Crippen molar-refractivity contribution in [3.05, 3.63) is 23.1 Å². The Balaban J connectivity index is -0.0000000695. The van der Waals surface area contributed by atoms with E-state index in [0.29, 0.717) is 0 Å². The van der Waals surface area contributed by atoms with Gasteiger partial charge in [0.25, 0.3) is 0 Å². The van der Waals surface area contributed by atoms with Gasteiger partial charge in [-0.25, -0.2) is 0 Å². The van der Waals surface area contributed by atoms with Gasteiger partial charge in [0.15, 0.2) is 0 Å². The van der Waals surface area contributed by atoms with Gasteiger partial charge in [-0.1, -0.05) is 111 Å². The predicted octanol–water partition coefficient (Wildman–Crippen LogP) is 6.90. The van der Waals surface area contributed by atoms with Crippen molar-refractivity contribution in [1.29, 1.82) is 0 Å². The average Bonchev–Trinajstić information content (AvgIpc) is 3.75. The molecule has 59 heavy (non-hydrogen) atoms. The Morgan fingerprint density at radius 1 is 0.475 bits per heavy atom. The Bertz CT molecular complexity index is 693. The van der Waals surface area contributed by atoms with Gasteiger partial charge in [-0.2, -0.15) is 0 Å². The summed E-state index contributed by atoms with van der Waals surface area (Å²) in [4.78, 5) is 31.0. The summed E-state index contributed by atoms with van der Waals surface area (Å²) in [6.45, 7) is 53.2. The smallest absolute Gasteiger partial charge is 0.120 e. The van der Waals surface area contributed by atoms with E-state index in [2.05, 4.69) is 135 Å². The first-order valence-corrected chi connectivity index (χ1v) is 26.4. The average molecular weight is 1260 g/mol. The van der Waals surface area contributed by atoms with Crippen LogP contribution < -0.4 is 32.0 Å². The van der Waals surface area contributed by atoms with E-state index >= 15 is 0 Å². The zero-order valence-corrected chi connectivity index (χ0v) is 48.9. The molecule has 0 aromatic carbocycles. The van der Waals surface area contributed by atoms with Crippen molar-refractivity contribution in [3.8, 4) is 0 Å². The fraction of sp³-hybridized carbons (Fsp3) is 0.900. The Hall–Kier alpha value is 0.597. The molecule has 0 bridgehead atoms. The minimum atomic E-state index is -0.500. The third kappa shape index (κ3) is 65.3. The number of hydrogen-bond acceptors (Lipinski definition) is 9. The van der Waals surface area contributed by atoms with Crippen molar-refractivity contribution in [2.75, 3.05) is 64.0 Å². The number of hydrogen-bond donors (Lipinski definition) is 2. The number of carboxylic acid groups (broad SMARTS) is 2. The Morgan fingerprint density at radius 3 is 0.695 bits per heavy atom. The SMILES string of the molecule is C1CCOC1.CC(C)P(CCNCCP(C(C)C)C(C)C)C(C)C.CC(C)P(CCNCCP(C(C)C)C(C)C)C(C)C.O=C[O-].O=C[O-].[C-]#[O+].[C-]#[O+].[N]=O.[N]=O.[W].[W]. The van der Waals surface area contributed by atoms with Crippen LogP contribution in [0.5, 0.6) is 0 Å². The molecule has 1 aliphatic rings. The number of nitrogens with zero attached hydrogens (tertiary/aromatic N) is 2. The summed E-state index contributed by atoms with van der Waals surface area (Å²) in [5.41, 5.74) is 18.5. The van der Waals surface area contributed by atoms with Crippen molar-refractivity contribution in [2.45, 2.75) is 169 Å². The molecule has 352 valence electrons. The predicted molar refractivity (Wildman–Crippen MR) is 245 cm³/mol. The van der Waals surface area contributed by atoms with Gasteiger partial charge >= 0.3 is 22.6 Å². The minimum Gasteiger partial charge on any atom is -0.120 e. The number of carbonyl (C=O) groups is 2. The van der Waals surface area contributed by atoms with Crippen LogP contribution in [-0.2, 0) is 65.8 Å². The second-order valence-electron chi connectivity index (χ2n) is 14.7. The molecule has 0 amide bonds. The van der Waals surface area contributed by atoms with Crippen molar-refractivity contribution in [1.82, 2.24) is 21.8 Å². The summed E-state index contributed by atoms with van der Waals surface area (Å²) in [5.74, 6) is 0. The monoisotopic (exact) mass is 1260 g/mol. The first-order valence-electron chi connectivity index (χ1n) is 19.8. The quantitative estimate of drug-likeness (QED) is 0.0424. The molecule has 0 saturated carbocycles. The van der Waals surface area contributed by atoms with E-state index in [9.17, 15) is 0 Å². The summed E-state index contributed by atoms with van der Waals surface area (Å²) in [6.07, 6.45) is 8.13. The molecule has 1 heterocycles. The molecule has 2 radical (unpaired) electrons. The standard InChI is InChI=1S/2C16H37NP2.C4H8O.2CH2O2.2CO.2NO.2W/c2*1-13(2)18(14(3)4)11-9-17-10-12-19(15(5)6)16(7)8;1-2-4-5-3-1;2*2-1-3;4*1-2;;/h2*13-17H,9-12H2,1-8H3;1-4H2;2*1H,(H,2,3);;;;;;/p-2. The van der Waals surface area contributed by atoms with Crippen molar-refractivity contribution in [3.63, 3.8) is 0 Å². The van der Waals surface area contributed by atoms with E-state index in [1.165, 1.54) is 63.7 Å². The summed E-state index contributed by atoms with van der Waals surface area (Å²) < 4.78 is 19.9. The van der Waals surface area contributed by atoms with Crippen LogP contribution in [0.3, 0.4) is 0 Å². The van der Waals surface area contributed by atoms with Gasteiger partial charge in [0, 0.05) is 68.3 Å². The van der Waals surface area contributed by atoms with E-state index in [1.54, 1.807) is 0 Å². The zero-order chi connectivity index (χ0) is 46.9. The molecule has 1 aliphatic heterocycles. The van der Waals surface area contributed by atoms with Crippen LogP contribution in [0, 0.1) is 23.1 Å². The van der Waals surface area contributed by atoms with Crippen LogP contribution in [-0.4, -0.2) is 122 Å². The van der Waals surface area contributed by atoms with Gasteiger partial charge in [0.05, 0.1) is 0 Å². The van der Waals surface area contributed by atoms with Crippen LogP contribution in [0.25, 0.3) is 0 Å². The van der Waals surface area contributed by atoms with Crippen molar-refractivity contribution >= 4 is 44.6 Å². The fourth-order valence-electron chi connectivity index (χ4n) is 6.04. The Labute approximate surface area is 396 Å². The van der Waals surface area contributed by atoms with Crippen LogP contribution in [0.1, 0.15) is 124 Å². The van der Waals surface area contributed by atoms with Crippen LogP contribution in [0.4, 0.5) is 0 Å². The van der Waals surface area contributed by atoms with Crippen LogP contribution in [0.2, 0.25) is 0 Å². The van der Waals surface area contributed by atoms with E-state index < -0.39 is 12.9 Å². The van der Waals surface area contributed by atoms with Gasteiger partial charge in [0.1, 0.15) is 11.2 Å². The summed E-state index contributed by atoms with van der Waals surface area (Å²) >= 11 is 0. The number of nitroso groups, excluding NO2 is 2. The number of rotatable bonds is 20. The molecule has 1 saturated heterocycles. The maximum Gasteiger partial charge on any atom is 0.120 e.